The Morgan fingerprint density at radius 1 is 1.26 bits per heavy atom. The monoisotopic (exact) mass is 343 g/mol. The maximum Gasteiger partial charge on any atom is 0.408 e. The molecule has 2 N–H and O–H groups in total. The highest BCUT2D eigenvalue weighted by Gasteiger charge is 2.27. The van der Waals surface area contributed by atoms with E-state index in [4.69, 9.17) is 9.84 Å². The Morgan fingerprint density at radius 2 is 1.91 bits per heavy atom. The molecule has 1 aromatic rings. The molecule has 0 aliphatic heterocycles. The van der Waals surface area contributed by atoms with Crippen LogP contribution in [0.4, 0.5) is 4.79 Å². The van der Waals surface area contributed by atoms with Crippen molar-refractivity contribution >= 4 is 21.9 Å². The Labute approximate surface area is 135 Å². The molecule has 1 aromatic carbocycles. The van der Waals surface area contributed by atoms with Gasteiger partial charge in [0.15, 0.2) is 9.84 Å². The van der Waals surface area contributed by atoms with E-state index in [0.29, 0.717) is 12.8 Å². The zero-order valence-electron chi connectivity index (χ0n) is 12.9. The first-order valence-corrected chi connectivity index (χ1v) is 9.06. The summed E-state index contributed by atoms with van der Waals surface area (Å²) < 4.78 is 28.5. The van der Waals surface area contributed by atoms with Crippen molar-refractivity contribution in [2.75, 3.05) is 11.5 Å². The number of carboxylic acid groups (broad SMARTS) is 1. The Hall–Kier alpha value is -2.09. The molecule has 0 saturated heterocycles. The van der Waals surface area contributed by atoms with E-state index in [1.165, 1.54) is 0 Å². The fraction of sp³-hybridized carbons (Fsp3) is 0.467. The molecule has 0 radical (unpaired) electrons. The first-order chi connectivity index (χ1) is 10.8. The second-order valence-corrected chi connectivity index (χ2v) is 7.29. The van der Waals surface area contributed by atoms with Crippen molar-refractivity contribution in [3.8, 4) is 0 Å². The normalized spacial score (nSPS) is 12.4. The summed E-state index contributed by atoms with van der Waals surface area (Å²) in [4.78, 5) is 22.8. The molecule has 0 aliphatic carbocycles. The van der Waals surface area contributed by atoms with E-state index in [1.54, 1.807) is 24.3 Å². The molecule has 128 valence electrons. The second kappa shape index (κ2) is 9.14. The van der Waals surface area contributed by atoms with Gasteiger partial charge in [-0.2, -0.15) is 0 Å². The molecule has 1 amide bonds. The van der Waals surface area contributed by atoms with Gasteiger partial charge in [0.05, 0.1) is 11.5 Å². The number of alkyl carbamates (subject to hydrolysis) is 1. The SMILES string of the molecule is CCCCS(=O)(=O)C[C@@H](NC(=O)OCc1ccccc1)C(=O)O. The number of aliphatic carboxylic acids is 1. The number of hydrogen-bond donors (Lipinski definition) is 2. The number of carboxylic acids is 1. The minimum atomic E-state index is -3.55. The fourth-order valence-electron chi connectivity index (χ4n) is 1.78. The molecule has 0 aromatic heterocycles. The number of unbranched alkanes of at least 4 members (excludes halogenated alkanes) is 1. The lowest BCUT2D eigenvalue weighted by Crippen LogP contribution is -2.45. The number of carbonyl (C=O) groups excluding carboxylic acids is 1. The van der Waals surface area contributed by atoms with Crippen molar-refractivity contribution in [1.29, 1.82) is 0 Å². The third-order valence-corrected chi connectivity index (χ3v) is 4.78. The lowest BCUT2D eigenvalue weighted by atomic mass is 10.2. The molecular formula is C15H21NO6S. The molecule has 23 heavy (non-hydrogen) atoms. The van der Waals surface area contributed by atoms with Crippen LogP contribution < -0.4 is 5.32 Å². The van der Waals surface area contributed by atoms with Gasteiger partial charge < -0.3 is 15.2 Å². The highest BCUT2D eigenvalue weighted by molar-refractivity contribution is 7.91. The summed E-state index contributed by atoms with van der Waals surface area (Å²) in [6.07, 6.45) is 0.170. The Balaban J connectivity index is 2.55. The minimum Gasteiger partial charge on any atom is -0.480 e. The predicted molar refractivity (Wildman–Crippen MR) is 84.7 cm³/mol. The van der Waals surface area contributed by atoms with E-state index in [1.807, 2.05) is 13.0 Å². The highest BCUT2D eigenvalue weighted by Crippen LogP contribution is 2.03. The van der Waals surface area contributed by atoms with E-state index in [0.717, 1.165) is 5.56 Å². The Morgan fingerprint density at radius 3 is 2.48 bits per heavy atom. The minimum absolute atomic E-state index is 0.0262. The number of ether oxygens (including phenoxy) is 1. The van der Waals surface area contributed by atoms with Crippen LogP contribution in [0.2, 0.25) is 0 Å². The van der Waals surface area contributed by atoms with Crippen molar-refractivity contribution in [2.24, 2.45) is 0 Å². The van der Waals surface area contributed by atoms with Crippen LogP contribution >= 0.6 is 0 Å². The summed E-state index contributed by atoms with van der Waals surface area (Å²) in [5.41, 5.74) is 0.741. The molecule has 0 saturated carbocycles. The van der Waals surface area contributed by atoms with E-state index in [-0.39, 0.29) is 12.4 Å². The van der Waals surface area contributed by atoms with Crippen LogP contribution in [0, 0.1) is 0 Å². The van der Waals surface area contributed by atoms with Gasteiger partial charge in [-0.15, -0.1) is 0 Å². The molecular weight excluding hydrogens is 322 g/mol. The topological polar surface area (TPSA) is 110 Å². The molecule has 7 nitrogen and oxygen atoms in total. The van der Waals surface area contributed by atoms with Gasteiger partial charge in [0, 0.05) is 0 Å². The van der Waals surface area contributed by atoms with E-state index in [2.05, 4.69) is 5.32 Å². The summed E-state index contributed by atoms with van der Waals surface area (Å²) in [5, 5.41) is 11.1. The average Bonchev–Trinajstić information content (AvgIpc) is 2.51. The lowest BCUT2D eigenvalue weighted by Gasteiger charge is -2.14. The van der Waals surface area contributed by atoms with Crippen LogP contribution in [0.5, 0.6) is 0 Å². The number of amides is 1. The maximum atomic E-state index is 11.8. The summed E-state index contributed by atoms with van der Waals surface area (Å²) in [5.74, 6) is -2.17. The maximum absolute atomic E-state index is 11.8. The van der Waals surface area contributed by atoms with Crippen molar-refractivity contribution in [3.05, 3.63) is 35.9 Å². The third-order valence-electron chi connectivity index (χ3n) is 3.03. The molecule has 1 atom stereocenters. The number of carbonyl (C=O) groups is 2. The average molecular weight is 343 g/mol. The van der Waals surface area contributed by atoms with E-state index < -0.39 is 33.7 Å². The van der Waals surface area contributed by atoms with Crippen LogP contribution in [0.3, 0.4) is 0 Å². The van der Waals surface area contributed by atoms with Crippen molar-refractivity contribution in [2.45, 2.75) is 32.4 Å². The van der Waals surface area contributed by atoms with E-state index in [9.17, 15) is 18.0 Å². The molecule has 1 rings (SSSR count). The van der Waals surface area contributed by atoms with Gasteiger partial charge >= 0.3 is 12.1 Å². The van der Waals surface area contributed by atoms with Gasteiger partial charge in [-0.1, -0.05) is 43.7 Å². The van der Waals surface area contributed by atoms with Gasteiger partial charge in [-0.25, -0.2) is 18.0 Å². The molecule has 0 heterocycles. The van der Waals surface area contributed by atoms with Crippen LogP contribution in [-0.4, -0.2) is 43.1 Å². The van der Waals surface area contributed by atoms with Gasteiger partial charge in [-0.3, -0.25) is 0 Å². The summed E-state index contributed by atoms with van der Waals surface area (Å²) in [6.45, 7) is 1.81. The van der Waals surface area contributed by atoms with Gasteiger partial charge in [0.1, 0.15) is 12.6 Å². The zero-order valence-corrected chi connectivity index (χ0v) is 13.7. The number of rotatable bonds is 9. The highest BCUT2D eigenvalue weighted by atomic mass is 32.2. The first-order valence-electron chi connectivity index (χ1n) is 7.24. The van der Waals surface area contributed by atoms with Gasteiger partial charge in [0.25, 0.3) is 0 Å². The van der Waals surface area contributed by atoms with E-state index >= 15 is 0 Å². The van der Waals surface area contributed by atoms with Crippen molar-refractivity contribution < 1.29 is 27.9 Å². The Bertz CT molecular complexity index is 614. The van der Waals surface area contributed by atoms with Crippen LogP contribution in [0.15, 0.2) is 30.3 Å². The van der Waals surface area contributed by atoms with Crippen molar-refractivity contribution in [1.82, 2.24) is 5.32 Å². The first kappa shape index (κ1) is 19.0. The van der Waals surface area contributed by atoms with Crippen LogP contribution in [-0.2, 0) is 26.0 Å². The molecule has 0 aliphatic rings. The molecule has 8 heteroatoms. The number of sulfone groups is 1. The van der Waals surface area contributed by atoms with Gasteiger partial charge in [-0.05, 0) is 12.0 Å². The standard InChI is InChI=1S/C15H21NO6S/c1-2-3-9-23(20,21)11-13(14(17)18)16-15(19)22-10-12-7-5-4-6-8-12/h4-8,13H,2-3,9-11H2,1H3,(H,16,19)(H,17,18)/t13-/m1/s1. The number of hydrogen-bond acceptors (Lipinski definition) is 5. The molecule has 0 spiro atoms. The lowest BCUT2D eigenvalue weighted by molar-refractivity contribution is -0.138. The smallest absolute Gasteiger partial charge is 0.408 e. The number of benzene rings is 1. The predicted octanol–water partition coefficient (Wildman–Crippen LogP) is 1.58. The molecule has 0 unspecified atom stereocenters. The quantitative estimate of drug-likeness (QED) is 0.704. The number of nitrogens with one attached hydrogen (secondary N) is 1. The van der Waals surface area contributed by atoms with Crippen molar-refractivity contribution in [3.63, 3.8) is 0 Å². The zero-order chi connectivity index (χ0) is 17.3. The third kappa shape index (κ3) is 7.64. The largest absolute Gasteiger partial charge is 0.480 e. The van der Waals surface area contributed by atoms with Gasteiger partial charge in [0.2, 0.25) is 0 Å². The Kier molecular flexibility index (Phi) is 7.53. The molecule has 0 fully saturated rings. The van der Waals surface area contributed by atoms with Crippen LogP contribution in [0.1, 0.15) is 25.3 Å². The molecule has 0 bridgehead atoms. The fourth-order valence-corrected chi connectivity index (χ4v) is 3.41. The summed E-state index contributed by atoms with van der Waals surface area (Å²) in [7, 11) is -3.55. The summed E-state index contributed by atoms with van der Waals surface area (Å²) in [6, 6.07) is 7.33. The van der Waals surface area contributed by atoms with Crippen LogP contribution in [0.25, 0.3) is 0 Å². The second-order valence-electron chi connectivity index (χ2n) is 5.06. The summed E-state index contributed by atoms with van der Waals surface area (Å²) >= 11 is 0.